The molecule has 2 heterocycles. The summed E-state index contributed by atoms with van der Waals surface area (Å²) >= 11 is 0. The van der Waals surface area contributed by atoms with E-state index in [4.69, 9.17) is 14.2 Å². The van der Waals surface area contributed by atoms with Crippen LogP contribution in [0.25, 0.3) is 0 Å². The second kappa shape index (κ2) is 8.55. The molecule has 2 aliphatic heterocycles. The second-order valence-corrected chi connectivity index (χ2v) is 7.83. The van der Waals surface area contributed by atoms with Gasteiger partial charge in [-0.1, -0.05) is 0 Å². The third-order valence-corrected chi connectivity index (χ3v) is 6.28. The van der Waals surface area contributed by atoms with E-state index in [2.05, 4.69) is 6.08 Å². The van der Waals surface area contributed by atoms with Gasteiger partial charge in [0.15, 0.2) is 0 Å². The van der Waals surface area contributed by atoms with Crippen molar-refractivity contribution in [3.8, 4) is 11.5 Å². The zero-order valence-electron chi connectivity index (χ0n) is 17.1. The number of morpholine rings is 1. The first-order chi connectivity index (χ1) is 14.1. The molecular weight excluding hydrogens is 372 g/mol. The number of hydrogen-bond donors (Lipinski definition) is 1. The minimum absolute atomic E-state index is 0.106. The van der Waals surface area contributed by atoms with Crippen molar-refractivity contribution < 1.29 is 28.7 Å². The summed E-state index contributed by atoms with van der Waals surface area (Å²) in [7, 11) is 3.10. The van der Waals surface area contributed by atoms with E-state index in [1.807, 2.05) is 0 Å². The number of hydrogen-bond acceptors (Lipinski definition) is 5. The highest BCUT2D eigenvalue weighted by molar-refractivity contribution is 6.21. The van der Waals surface area contributed by atoms with E-state index in [1.54, 1.807) is 25.3 Å². The lowest BCUT2D eigenvalue weighted by molar-refractivity contribution is -0.874. The lowest BCUT2D eigenvalue weighted by Crippen LogP contribution is -3.13. The van der Waals surface area contributed by atoms with Crippen molar-refractivity contribution in [2.24, 2.45) is 11.8 Å². The van der Waals surface area contributed by atoms with E-state index in [0.29, 0.717) is 17.2 Å². The van der Waals surface area contributed by atoms with Gasteiger partial charge < -0.3 is 19.1 Å². The number of nitrogens with one attached hydrogen (secondary N) is 1. The van der Waals surface area contributed by atoms with Crippen LogP contribution in [0.4, 0.5) is 5.69 Å². The molecule has 2 amide bonds. The molecule has 7 nitrogen and oxygen atoms in total. The Hall–Kier alpha value is -2.38. The monoisotopic (exact) mass is 401 g/mol. The highest BCUT2D eigenvalue weighted by atomic mass is 16.5. The van der Waals surface area contributed by atoms with Crippen LogP contribution in [-0.2, 0) is 14.3 Å². The fraction of sp³-hybridized carbons (Fsp3) is 0.545. The number of carbonyl (C=O) groups excluding carboxylic acids is 2. The Balaban J connectivity index is 1.62. The summed E-state index contributed by atoms with van der Waals surface area (Å²) in [6.45, 7) is 3.32. The zero-order valence-corrected chi connectivity index (χ0v) is 17.1. The molecule has 29 heavy (non-hydrogen) atoms. The van der Waals surface area contributed by atoms with Gasteiger partial charge in [-0.15, -0.1) is 0 Å². The number of nitrogens with zero attached hydrogens (tertiary/aromatic N) is 1. The van der Waals surface area contributed by atoms with Crippen LogP contribution >= 0.6 is 0 Å². The third-order valence-electron chi connectivity index (χ3n) is 6.28. The highest BCUT2D eigenvalue weighted by Gasteiger charge is 2.48. The Morgan fingerprint density at radius 1 is 1.10 bits per heavy atom. The first-order valence-electron chi connectivity index (χ1n) is 10.4. The molecule has 1 aliphatic carbocycles. The van der Waals surface area contributed by atoms with E-state index in [9.17, 15) is 9.59 Å². The van der Waals surface area contributed by atoms with E-state index < -0.39 is 0 Å². The van der Waals surface area contributed by atoms with Gasteiger partial charge in [0.25, 0.3) is 0 Å². The van der Waals surface area contributed by atoms with Gasteiger partial charge in [-0.25, -0.2) is 4.90 Å². The molecule has 0 radical (unpaired) electrons. The number of anilines is 1. The normalized spacial score (nSPS) is 25.9. The minimum atomic E-state index is -0.319. The van der Waals surface area contributed by atoms with Crippen LogP contribution in [-0.4, -0.2) is 52.3 Å². The number of allylic oxidation sites excluding steroid dienone is 2. The van der Waals surface area contributed by atoms with Gasteiger partial charge in [0.05, 0.1) is 39.0 Å². The molecule has 4 rings (SSSR count). The zero-order chi connectivity index (χ0) is 20.4. The first kappa shape index (κ1) is 19.9. The van der Waals surface area contributed by atoms with Gasteiger partial charge in [-0.3, -0.25) is 9.59 Å². The first-order valence-corrected chi connectivity index (χ1v) is 10.4. The Bertz CT molecular complexity index is 815. The number of carbonyl (C=O) groups is 2. The predicted octanol–water partition coefficient (Wildman–Crippen LogP) is 1.18. The van der Waals surface area contributed by atoms with Crippen molar-refractivity contribution in [2.45, 2.75) is 25.7 Å². The fourth-order valence-electron chi connectivity index (χ4n) is 4.83. The van der Waals surface area contributed by atoms with E-state index in [-0.39, 0.29) is 30.1 Å². The van der Waals surface area contributed by atoms with Crippen molar-refractivity contribution >= 4 is 17.5 Å². The number of rotatable bonds is 5. The summed E-state index contributed by atoms with van der Waals surface area (Å²) in [4.78, 5) is 29.1. The molecule has 156 valence electrons. The van der Waals surface area contributed by atoms with E-state index in [0.717, 1.165) is 45.6 Å². The number of benzene rings is 1. The van der Waals surface area contributed by atoms with E-state index in [1.165, 1.54) is 22.6 Å². The van der Waals surface area contributed by atoms with Crippen LogP contribution in [0.15, 0.2) is 30.0 Å². The van der Waals surface area contributed by atoms with Gasteiger partial charge >= 0.3 is 0 Å². The van der Waals surface area contributed by atoms with Crippen LogP contribution < -0.4 is 19.3 Å². The maximum Gasteiger partial charge on any atom is 0.238 e. The molecule has 3 aliphatic rings. The lowest BCUT2D eigenvalue weighted by atomic mass is 9.80. The average Bonchev–Trinajstić information content (AvgIpc) is 3.07. The quantitative estimate of drug-likeness (QED) is 0.751. The molecule has 7 heteroatoms. The molecule has 1 aromatic rings. The predicted molar refractivity (Wildman–Crippen MR) is 107 cm³/mol. The van der Waals surface area contributed by atoms with Crippen LogP contribution in [0.2, 0.25) is 0 Å². The minimum Gasteiger partial charge on any atom is -0.497 e. The van der Waals surface area contributed by atoms with Crippen molar-refractivity contribution in [3.05, 3.63) is 30.0 Å². The van der Waals surface area contributed by atoms with Gasteiger partial charge in [0.1, 0.15) is 30.3 Å². The highest BCUT2D eigenvalue weighted by Crippen LogP contribution is 2.41. The number of ether oxygens (including phenoxy) is 3. The van der Waals surface area contributed by atoms with Crippen molar-refractivity contribution in [1.82, 2.24) is 0 Å². The van der Waals surface area contributed by atoms with Crippen molar-refractivity contribution in [1.29, 1.82) is 0 Å². The van der Waals surface area contributed by atoms with Crippen LogP contribution in [0.3, 0.4) is 0 Å². The number of quaternary nitrogens is 1. The third kappa shape index (κ3) is 3.76. The maximum absolute atomic E-state index is 13.5. The topological polar surface area (TPSA) is 69.5 Å². The fourth-order valence-corrected chi connectivity index (χ4v) is 4.83. The molecule has 2 fully saturated rings. The lowest BCUT2D eigenvalue weighted by Gasteiger charge is -2.34. The molecule has 2 atom stereocenters. The van der Waals surface area contributed by atoms with Crippen LogP contribution in [0.1, 0.15) is 25.7 Å². The van der Waals surface area contributed by atoms with Crippen molar-refractivity contribution in [2.75, 3.05) is 45.4 Å². The maximum atomic E-state index is 13.5. The van der Waals surface area contributed by atoms with Crippen molar-refractivity contribution in [3.63, 3.8) is 0 Å². The standard InChI is InChI=1S/C22H28N2O5/c1-27-15-7-8-20(28-2)19(13-15)24-21(25)14-17(22(24)26)16-5-3-4-6-18(16)23-9-11-29-12-10-23/h6-8,13,16-17H,3-5,9-12,14H2,1-2H3/p+1/t16-,17-/m1/s1. The average molecular weight is 401 g/mol. The molecule has 1 N–H and O–H groups in total. The summed E-state index contributed by atoms with van der Waals surface area (Å²) in [5.41, 5.74) is 1.76. The molecule has 0 bridgehead atoms. The summed E-state index contributed by atoms with van der Waals surface area (Å²) in [5, 5.41) is 0. The van der Waals surface area contributed by atoms with Crippen LogP contribution in [0, 0.1) is 11.8 Å². The molecule has 0 aromatic heterocycles. The second-order valence-electron chi connectivity index (χ2n) is 7.83. The van der Waals surface area contributed by atoms with Gasteiger partial charge in [-0.2, -0.15) is 0 Å². The molecule has 2 saturated heterocycles. The van der Waals surface area contributed by atoms with Gasteiger partial charge in [-0.05, 0) is 37.5 Å². The summed E-state index contributed by atoms with van der Waals surface area (Å²) in [6.07, 6.45) is 5.58. The Labute approximate surface area is 171 Å². The van der Waals surface area contributed by atoms with Crippen LogP contribution in [0.5, 0.6) is 11.5 Å². The summed E-state index contributed by atoms with van der Waals surface area (Å²) < 4.78 is 16.2. The Morgan fingerprint density at radius 2 is 1.90 bits per heavy atom. The Morgan fingerprint density at radius 3 is 2.62 bits per heavy atom. The van der Waals surface area contributed by atoms with Gasteiger partial charge in [0.2, 0.25) is 11.8 Å². The molecule has 0 saturated carbocycles. The largest absolute Gasteiger partial charge is 0.497 e. The summed E-state index contributed by atoms with van der Waals surface area (Å²) in [6, 6.07) is 5.18. The number of imide groups is 1. The molecule has 0 unspecified atom stereocenters. The summed E-state index contributed by atoms with van der Waals surface area (Å²) in [5.74, 6) is 0.558. The Kier molecular flexibility index (Phi) is 5.87. The SMILES string of the molecule is COc1ccc(OC)c(N2C(=O)C[C@H]([C@H]3CCCC=C3[NH+]3CCOCC3)C2=O)c1. The smallest absolute Gasteiger partial charge is 0.238 e. The number of methoxy groups -OCH3 is 2. The van der Waals surface area contributed by atoms with E-state index >= 15 is 0 Å². The molecular formula is C22H29N2O5+. The molecule has 0 spiro atoms. The molecule has 1 aromatic carbocycles. The number of amides is 2. The van der Waals surface area contributed by atoms with Gasteiger partial charge in [0, 0.05) is 18.4 Å².